The van der Waals surface area contributed by atoms with Crippen LogP contribution in [0.4, 0.5) is 0 Å². The molecule has 3 aromatic heterocycles. The van der Waals surface area contributed by atoms with Gasteiger partial charge in [-0.3, -0.25) is 0 Å². The Balaban J connectivity index is 2.00. The molecule has 108 valence electrons. The molecule has 0 saturated heterocycles. The quantitative estimate of drug-likeness (QED) is 0.764. The summed E-state index contributed by atoms with van der Waals surface area (Å²) in [6, 6.07) is 3.66. The second-order valence-corrected chi connectivity index (χ2v) is 5.12. The number of carboxylic acids is 1. The summed E-state index contributed by atoms with van der Waals surface area (Å²) in [4.78, 5) is 12.0. The summed E-state index contributed by atoms with van der Waals surface area (Å²) in [5, 5.41) is 26.5. The van der Waals surface area contributed by atoms with E-state index < -0.39 is 5.97 Å². The molecule has 0 amide bonds. The number of carboxylic acid groups (broad SMARTS) is 1. The van der Waals surface area contributed by atoms with Crippen LogP contribution < -0.4 is 0 Å². The molecule has 0 aliphatic rings. The highest BCUT2D eigenvalue weighted by molar-refractivity contribution is 7.13. The van der Waals surface area contributed by atoms with E-state index in [9.17, 15) is 9.90 Å². The summed E-state index contributed by atoms with van der Waals surface area (Å²) >= 11 is 1.42. The monoisotopic (exact) mass is 305 g/mol. The van der Waals surface area contributed by atoms with Crippen molar-refractivity contribution >= 4 is 17.3 Å². The molecule has 0 aliphatic carbocycles. The zero-order chi connectivity index (χ0) is 14.8. The zero-order valence-corrected chi connectivity index (χ0v) is 11.9. The van der Waals surface area contributed by atoms with Crippen molar-refractivity contribution in [3.63, 3.8) is 0 Å². The Kier molecular flexibility index (Phi) is 3.48. The summed E-state index contributed by atoms with van der Waals surface area (Å²) < 4.78 is 6.88. The van der Waals surface area contributed by atoms with E-state index in [2.05, 4.69) is 20.5 Å². The Hall–Kier alpha value is -2.55. The molecule has 8 nitrogen and oxygen atoms in total. The molecule has 3 rings (SSSR count). The van der Waals surface area contributed by atoms with Crippen molar-refractivity contribution < 1.29 is 14.3 Å². The van der Waals surface area contributed by atoms with Gasteiger partial charge in [0.25, 0.3) is 0 Å². The second kappa shape index (κ2) is 5.44. The fourth-order valence-corrected chi connectivity index (χ4v) is 2.62. The SMILES string of the molecule is CCc1nnc(Cn2nnc(C(=O)O)c2-c2cccs2)o1. The summed E-state index contributed by atoms with van der Waals surface area (Å²) in [7, 11) is 0. The highest BCUT2D eigenvalue weighted by Crippen LogP contribution is 2.27. The Bertz CT molecular complexity index is 762. The summed E-state index contributed by atoms with van der Waals surface area (Å²) in [5.41, 5.74) is 0.349. The third kappa shape index (κ3) is 2.55. The second-order valence-electron chi connectivity index (χ2n) is 4.17. The van der Waals surface area contributed by atoms with Gasteiger partial charge in [0.05, 0.1) is 4.88 Å². The minimum absolute atomic E-state index is 0.0901. The highest BCUT2D eigenvalue weighted by Gasteiger charge is 2.22. The topological polar surface area (TPSA) is 107 Å². The molecule has 3 heterocycles. The average molecular weight is 305 g/mol. The van der Waals surface area contributed by atoms with Gasteiger partial charge in [0.2, 0.25) is 11.8 Å². The number of hydrogen-bond donors (Lipinski definition) is 1. The van der Waals surface area contributed by atoms with Gasteiger partial charge in [0, 0.05) is 6.42 Å². The molecule has 0 atom stereocenters. The smallest absolute Gasteiger partial charge is 0.358 e. The van der Waals surface area contributed by atoms with Gasteiger partial charge in [-0.15, -0.1) is 26.6 Å². The number of aromatic nitrogens is 5. The van der Waals surface area contributed by atoms with Gasteiger partial charge in [0.1, 0.15) is 12.2 Å². The molecule has 3 aromatic rings. The standard InChI is InChI=1S/C12H11N5O3S/c1-2-8-13-14-9(20-8)6-17-11(7-4-3-5-21-7)10(12(18)19)15-16-17/h3-5H,2,6H2,1H3,(H,18,19). The van der Waals surface area contributed by atoms with E-state index in [1.165, 1.54) is 16.0 Å². The number of hydrogen-bond acceptors (Lipinski definition) is 7. The molecule has 1 N–H and O–H groups in total. The molecule has 9 heteroatoms. The molecule has 0 bridgehead atoms. The van der Waals surface area contributed by atoms with Gasteiger partial charge in [-0.25, -0.2) is 9.48 Å². The van der Waals surface area contributed by atoms with E-state index in [0.29, 0.717) is 23.9 Å². The Morgan fingerprint density at radius 3 is 2.81 bits per heavy atom. The van der Waals surface area contributed by atoms with Gasteiger partial charge in [-0.1, -0.05) is 18.2 Å². The fourth-order valence-electron chi connectivity index (χ4n) is 1.85. The van der Waals surface area contributed by atoms with E-state index in [0.717, 1.165) is 4.88 Å². The lowest BCUT2D eigenvalue weighted by Gasteiger charge is -2.02. The maximum Gasteiger partial charge on any atom is 0.358 e. The summed E-state index contributed by atoms with van der Waals surface area (Å²) in [6.45, 7) is 2.09. The minimum Gasteiger partial charge on any atom is -0.476 e. The van der Waals surface area contributed by atoms with Crippen molar-refractivity contribution in [2.75, 3.05) is 0 Å². The van der Waals surface area contributed by atoms with Crippen molar-refractivity contribution in [1.29, 1.82) is 0 Å². The number of nitrogens with zero attached hydrogens (tertiary/aromatic N) is 5. The van der Waals surface area contributed by atoms with E-state index in [1.54, 1.807) is 0 Å². The molecule has 0 unspecified atom stereocenters. The molecule has 0 radical (unpaired) electrons. The van der Waals surface area contributed by atoms with E-state index in [4.69, 9.17) is 4.42 Å². The van der Waals surface area contributed by atoms with Crippen LogP contribution in [0.2, 0.25) is 0 Å². The summed E-state index contributed by atoms with van der Waals surface area (Å²) in [5.74, 6) is -0.225. The maximum atomic E-state index is 11.3. The first-order valence-electron chi connectivity index (χ1n) is 6.21. The van der Waals surface area contributed by atoms with Crippen molar-refractivity contribution in [2.45, 2.75) is 19.9 Å². The zero-order valence-electron chi connectivity index (χ0n) is 11.1. The molecule has 0 fully saturated rings. The molecule has 0 aromatic carbocycles. The minimum atomic E-state index is -1.12. The van der Waals surface area contributed by atoms with Crippen LogP contribution in [-0.2, 0) is 13.0 Å². The first-order chi connectivity index (χ1) is 10.2. The van der Waals surface area contributed by atoms with Crippen LogP contribution in [0.5, 0.6) is 0 Å². The Morgan fingerprint density at radius 2 is 2.19 bits per heavy atom. The number of rotatable bonds is 5. The van der Waals surface area contributed by atoms with Crippen LogP contribution >= 0.6 is 11.3 Å². The van der Waals surface area contributed by atoms with Crippen molar-refractivity contribution in [3.05, 3.63) is 35.0 Å². The van der Waals surface area contributed by atoms with E-state index in [-0.39, 0.29) is 12.2 Å². The number of aromatic carboxylic acids is 1. The van der Waals surface area contributed by atoms with Gasteiger partial charge in [0.15, 0.2) is 5.69 Å². The van der Waals surface area contributed by atoms with Gasteiger partial charge in [-0.05, 0) is 11.4 Å². The van der Waals surface area contributed by atoms with E-state index in [1.807, 2.05) is 24.4 Å². The molecule has 0 saturated carbocycles. The molecule has 0 aliphatic heterocycles. The van der Waals surface area contributed by atoms with Gasteiger partial charge < -0.3 is 9.52 Å². The lowest BCUT2D eigenvalue weighted by atomic mass is 10.2. The van der Waals surface area contributed by atoms with Crippen LogP contribution in [0.3, 0.4) is 0 Å². The third-order valence-corrected chi connectivity index (χ3v) is 3.67. The largest absolute Gasteiger partial charge is 0.476 e. The lowest BCUT2D eigenvalue weighted by molar-refractivity contribution is 0.0691. The maximum absolute atomic E-state index is 11.3. The first-order valence-corrected chi connectivity index (χ1v) is 7.09. The highest BCUT2D eigenvalue weighted by atomic mass is 32.1. The lowest BCUT2D eigenvalue weighted by Crippen LogP contribution is -2.05. The number of carbonyl (C=O) groups is 1. The fraction of sp³-hybridized carbons (Fsp3) is 0.250. The first kappa shape index (κ1) is 13.4. The van der Waals surface area contributed by atoms with E-state index >= 15 is 0 Å². The molecular formula is C12H11N5O3S. The van der Waals surface area contributed by atoms with Crippen LogP contribution in [0.15, 0.2) is 21.9 Å². The predicted octanol–water partition coefficient (Wildman–Crippen LogP) is 1.70. The normalized spacial score (nSPS) is 10.9. The van der Waals surface area contributed by atoms with Crippen LogP contribution in [0.25, 0.3) is 10.6 Å². The Morgan fingerprint density at radius 1 is 1.38 bits per heavy atom. The van der Waals surface area contributed by atoms with Gasteiger partial charge >= 0.3 is 5.97 Å². The average Bonchev–Trinajstić information content (AvgIpc) is 3.18. The van der Waals surface area contributed by atoms with Crippen molar-refractivity contribution in [3.8, 4) is 10.6 Å². The number of aryl methyl sites for hydroxylation is 1. The predicted molar refractivity (Wildman–Crippen MR) is 73.1 cm³/mol. The van der Waals surface area contributed by atoms with Crippen molar-refractivity contribution in [1.82, 2.24) is 25.2 Å². The van der Waals surface area contributed by atoms with Crippen LogP contribution in [-0.4, -0.2) is 36.3 Å². The molecule has 0 spiro atoms. The van der Waals surface area contributed by atoms with Gasteiger partial charge in [-0.2, -0.15) is 0 Å². The number of thiophene rings is 1. The molecular weight excluding hydrogens is 294 g/mol. The van der Waals surface area contributed by atoms with Crippen LogP contribution in [0.1, 0.15) is 29.2 Å². The molecule has 21 heavy (non-hydrogen) atoms. The third-order valence-electron chi connectivity index (χ3n) is 2.79. The van der Waals surface area contributed by atoms with Crippen molar-refractivity contribution in [2.24, 2.45) is 0 Å². The summed E-state index contributed by atoms with van der Waals surface area (Å²) in [6.07, 6.45) is 0.641. The van der Waals surface area contributed by atoms with Crippen LogP contribution in [0, 0.1) is 0 Å². The Labute approximate surface area is 123 Å².